The van der Waals surface area contributed by atoms with Gasteiger partial charge in [0.15, 0.2) is 11.6 Å². The molecule has 96 valence electrons. The average Bonchev–Trinajstić information content (AvgIpc) is 2.76. The molecule has 0 unspecified atom stereocenters. The van der Waals surface area contributed by atoms with E-state index >= 15 is 0 Å². The molecule has 6 heteroatoms. The van der Waals surface area contributed by atoms with Gasteiger partial charge in [-0.2, -0.15) is 5.10 Å². The highest BCUT2D eigenvalue weighted by Crippen LogP contribution is 2.19. The molecule has 0 atom stereocenters. The van der Waals surface area contributed by atoms with Crippen molar-refractivity contribution in [3.63, 3.8) is 0 Å². The van der Waals surface area contributed by atoms with Crippen LogP contribution in [0.5, 0.6) is 0 Å². The molecular weight excluding hydrogens is 233 g/mol. The van der Waals surface area contributed by atoms with Gasteiger partial charge in [0.25, 0.3) is 0 Å². The quantitative estimate of drug-likeness (QED) is 0.827. The molecule has 18 heavy (non-hydrogen) atoms. The standard InChI is InChI=1S/C12H16FN5/c1-4-18(7-10-5-16-17(3)6-10)12-11(13)9(2)14-8-15-12/h5-6,8H,4,7H2,1-3H3. The Bertz CT molecular complexity index is 537. The number of hydrogen-bond acceptors (Lipinski definition) is 4. The Labute approximate surface area is 105 Å². The van der Waals surface area contributed by atoms with Crippen LogP contribution in [0.4, 0.5) is 10.2 Å². The van der Waals surface area contributed by atoms with Gasteiger partial charge in [-0.15, -0.1) is 0 Å². The van der Waals surface area contributed by atoms with Crippen LogP contribution in [-0.2, 0) is 13.6 Å². The second kappa shape index (κ2) is 5.12. The SMILES string of the molecule is CCN(Cc1cnn(C)c1)c1ncnc(C)c1F. The van der Waals surface area contributed by atoms with Gasteiger partial charge < -0.3 is 4.90 Å². The largest absolute Gasteiger partial charge is 0.350 e. The van der Waals surface area contributed by atoms with Crippen LogP contribution < -0.4 is 4.90 Å². The average molecular weight is 249 g/mol. The van der Waals surface area contributed by atoms with Crippen LogP contribution in [-0.4, -0.2) is 26.3 Å². The smallest absolute Gasteiger partial charge is 0.186 e. The van der Waals surface area contributed by atoms with E-state index in [0.717, 1.165) is 5.56 Å². The first-order valence-corrected chi connectivity index (χ1v) is 5.81. The van der Waals surface area contributed by atoms with Crippen LogP contribution >= 0.6 is 0 Å². The lowest BCUT2D eigenvalue weighted by Crippen LogP contribution is -2.24. The maximum absolute atomic E-state index is 14.0. The van der Waals surface area contributed by atoms with E-state index in [0.29, 0.717) is 24.6 Å². The molecule has 2 heterocycles. The molecule has 0 bridgehead atoms. The van der Waals surface area contributed by atoms with E-state index in [9.17, 15) is 4.39 Å². The lowest BCUT2D eigenvalue weighted by molar-refractivity contribution is 0.590. The number of hydrogen-bond donors (Lipinski definition) is 0. The van der Waals surface area contributed by atoms with Crippen LogP contribution in [0.1, 0.15) is 18.2 Å². The third kappa shape index (κ3) is 2.47. The fourth-order valence-corrected chi connectivity index (χ4v) is 1.78. The maximum Gasteiger partial charge on any atom is 0.186 e. The number of aryl methyl sites for hydroxylation is 2. The van der Waals surface area contributed by atoms with E-state index in [1.165, 1.54) is 6.33 Å². The van der Waals surface area contributed by atoms with E-state index in [1.54, 1.807) is 17.8 Å². The van der Waals surface area contributed by atoms with Crippen LogP contribution in [0.25, 0.3) is 0 Å². The molecule has 0 aromatic carbocycles. The molecule has 0 amide bonds. The highest BCUT2D eigenvalue weighted by molar-refractivity contribution is 5.41. The lowest BCUT2D eigenvalue weighted by atomic mass is 10.3. The van der Waals surface area contributed by atoms with Crippen LogP contribution in [0.15, 0.2) is 18.7 Å². The number of halogens is 1. The van der Waals surface area contributed by atoms with E-state index in [-0.39, 0.29) is 5.82 Å². The summed E-state index contributed by atoms with van der Waals surface area (Å²) in [6.45, 7) is 4.85. The van der Waals surface area contributed by atoms with E-state index in [1.807, 2.05) is 25.1 Å². The van der Waals surface area contributed by atoms with Crippen molar-refractivity contribution in [1.82, 2.24) is 19.7 Å². The van der Waals surface area contributed by atoms with Crippen molar-refractivity contribution in [2.45, 2.75) is 20.4 Å². The number of anilines is 1. The van der Waals surface area contributed by atoms with Gasteiger partial charge in [0.2, 0.25) is 0 Å². The Balaban J connectivity index is 2.25. The minimum absolute atomic E-state index is 0.342. The molecule has 0 saturated carbocycles. The summed E-state index contributed by atoms with van der Waals surface area (Å²) in [6.07, 6.45) is 5.07. The van der Waals surface area contributed by atoms with Crippen LogP contribution in [0.2, 0.25) is 0 Å². The number of nitrogens with zero attached hydrogens (tertiary/aromatic N) is 5. The molecule has 0 spiro atoms. The van der Waals surface area contributed by atoms with E-state index < -0.39 is 0 Å². The zero-order valence-corrected chi connectivity index (χ0v) is 10.8. The van der Waals surface area contributed by atoms with Crippen LogP contribution in [0.3, 0.4) is 0 Å². The Hall–Kier alpha value is -1.98. The molecule has 0 fully saturated rings. The lowest BCUT2D eigenvalue weighted by Gasteiger charge is -2.21. The summed E-state index contributed by atoms with van der Waals surface area (Å²) in [5, 5.41) is 4.10. The van der Waals surface area contributed by atoms with Gasteiger partial charge in [-0.1, -0.05) is 0 Å². The first kappa shape index (κ1) is 12.5. The highest BCUT2D eigenvalue weighted by atomic mass is 19.1. The van der Waals surface area contributed by atoms with Gasteiger partial charge in [-0.3, -0.25) is 4.68 Å². The van der Waals surface area contributed by atoms with Gasteiger partial charge in [0, 0.05) is 31.9 Å². The van der Waals surface area contributed by atoms with Crippen molar-refractivity contribution in [2.75, 3.05) is 11.4 Å². The van der Waals surface area contributed by atoms with Gasteiger partial charge in [-0.05, 0) is 13.8 Å². The Morgan fingerprint density at radius 1 is 1.39 bits per heavy atom. The van der Waals surface area contributed by atoms with Gasteiger partial charge in [0.05, 0.1) is 11.9 Å². The van der Waals surface area contributed by atoms with Gasteiger partial charge in [-0.25, -0.2) is 14.4 Å². The molecule has 0 saturated heterocycles. The summed E-state index contributed by atoms with van der Waals surface area (Å²) in [5.41, 5.74) is 1.39. The summed E-state index contributed by atoms with van der Waals surface area (Å²) in [7, 11) is 1.86. The highest BCUT2D eigenvalue weighted by Gasteiger charge is 2.15. The Kier molecular flexibility index (Phi) is 3.55. The van der Waals surface area contributed by atoms with Crippen molar-refractivity contribution in [2.24, 2.45) is 7.05 Å². The Morgan fingerprint density at radius 2 is 2.17 bits per heavy atom. The minimum Gasteiger partial charge on any atom is -0.350 e. The molecule has 2 aromatic rings. The van der Waals surface area contributed by atoms with Crippen molar-refractivity contribution < 1.29 is 4.39 Å². The monoisotopic (exact) mass is 249 g/mol. The molecular formula is C12H16FN5. The topological polar surface area (TPSA) is 46.8 Å². The maximum atomic E-state index is 14.0. The fraction of sp³-hybridized carbons (Fsp3) is 0.417. The van der Waals surface area contributed by atoms with Crippen LogP contribution in [0, 0.1) is 12.7 Å². The third-order valence-electron chi connectivity index (χ3n) is 2.76. The molecule has 0 aliphatic carbocycles. The van der Waals surface area contributed by atoms with Gasteiger partial charge >= 0.3 is 0 Å². The summed E-state index contributed by atoms with van der Waals surface area (Å²) in [5.74, 6) is -0.0166. The normalized spacial score (nSPS) is 10.7. The predicted octanol–water partition coefficient (Wildman–Crippen LogP) is 1.68. The zero-order chi connectivity index (χ0) is 13.1. The summed E-state index contributed by atoms with van der Waals surface area (Å²) in [6, 6.07) is 0. The summed E-state index contributed by atoms with van der Waals surface area (Å²) in [4.78, 5) is 9.73. The molecule has 2 aromatic heterocycles. The second-order valence-corrected chi connectivity index (χ2v) is 4.13. The molecule has 0 radical (unpaired) electrons. The number of aromatic nitrogens is 4. The molecule has 0 N–H and O–H groups in total. The third-order valence-corrected chi connectivity index (χ3v) is 2.76. The number of rotatable bonds is 4. The zero-order valence-electron chi connectivity index (χ0n) is 10.8. The molecule has 5 nitrogen and oxygen atoms in total. The first-order valence-electron chi connectivity index (χ1n) is 5.81. The summed E-state index contributed by atoms with van der Waals surface area (Å²) >= 11 is 0. The predicted molar refractivity (Wildman–Crippen MR) is 66.7 cm³/mol. The fourth-order valence-electron chi connectivity index (χ4n) is 1.78. The second-order valence-electron chi connectivity index (χ2n) is 4.13. The van der Waals surface area contributed by atoms with E-state index in [2.05, 4.69) is 15.1 Å². The van der Waals surface area contributed by atoms with E-state index in [4.69, 9.17) is 0 Å². The molecule has 2 rings (SSSR count). The minimum atomic E-state index is -0.358. The summed E-state index contributed by atoms with van der Waals surface area (Å²) < 4.78 is 15.7. The molecule has 0 aliphatic rings. The van der Waals surface area contributed by atoms with Crippen molar-refractivity contribution in [3.8, 4) is 0 Å². The Morgan fingerprint density at radius 3 is 2.78 bits per heavy atom. The van der Waals surface area contributed by atoms with Crippen molar-refractivity contribution in [1.29, 1.82) is 0 Å². The first-order chi connectivity index (χ1) is 8.61. The van der Waals surface area contributed by atoms with Gasteiger partial charge in [0.1, 0.15) is 6.33 Å². The van der Waals surface area contributed by atoms with Crippen molar-refractivity contribution >= 4 is 5.82 Å². The molecule has 0 aliphatic heterocycles. The van der Waals surface area contributed by atoms with Crippen molar-refractivity contribution in [3.05, 3.63) is 35.8 Å².